The lowest BCUT2D eigenvalue weighted by atomic mass is 10.1. The van der Waals surface area contributed by atoms with Crippen LogP contribution in [-0.2, 0) is 0 Å². The number of methoxy groups -OCH3 is 1. The van der Waals surface area contributed by atoms with E-state index in [9.17, 15) is 10.1 Å². The van der Waals surface area contributed by atoms with Gasteiger partial charge in [0.25, 0.3) is 5.69 Å². The van der Waals surface area contributed by atoms with Crippen molar-refractivity contribution in [1.82, 2.24) is 0 Å². The number of hydrogen-bond acceptors (Lipinski definition) is 5. The highest BCUT2D eigenvalue weighted by Gasteiger charge is 2.18. The molecule has 2 aromatic carbocycles. The zero-order valence-corrected chi connectivity index (χ0v) is 12.6. The molecule has 5 nitrogen and oxygen atoms in total. The fourth-order valence-corrected chi connectivity index (χ4v) is 3.23. The van der Waals surface area contributed by atoms with Gasteiger partial charge in [-0.15, -0.1) is 0 Å². The smallest absolute Gasteiger partial charge is 0.283 e. The Balaban J connectivity index is 2.48. The molecule has 0 aliphatic heterocycles. The number of nitrogens with two attached hydrogens (primary N) is 1. The van der Waals surface area contributed by atoms with Gasteiger partial charge in [-0.3, -0.25) is 10.1 Å². The summed E-state index contributed by atoms with van der Waals surface area (Å²) in [6.45, 7) is 1.86. The van der Waals surface area contributed by atoms with Crippen LogP contribution in [0, 0.1) is 10.1 Å². The summed E-state index contributed by atoms with van der Waals surface area (Å²) in [5, 5.41) is 11.1. The molecule has 0 heterocycles. The Morgan fingerprint density at radius 1 is 1.19 bits per heavy atom. The monoisotopic (exact) mass is 304 g/mol. The molecule has 0 amide bonds. The first-order valence-electron chi connectivity index (χ1n) is 6.38. The first-order chi connectivity index (χ1) is 10.0. The highest BCUT2D eigenvalue weighted by atomic mass is 32.2. The lowest BCUT2D eigenvalue weighted by Gasteiger charge is -2.16. The van der Waals surface area contributed by atoms with Gasteiger partial charge in [-0.25, -0.2) is 0 Å². The second-order valence-electron chi connectivity index (χ2n) is 4.49. The van der Waals surface area contributed by atoms with Crippen LogP contribution in [-0.4, -0.2) is 12.0 Å². The minimum absolute atomic E-state index is 0.0842. The number of para-hydroxylation sites is 1. The standard InChI is InChI=1S/C15H16N2O3S/c1-10(16)15-12(20-2)7-5-9-14(15)21-13-8-4-3-6-11(13)17(18)19/h3-10H,16H2,1-2H3/t10-/m0/s1. The quantitative estimate of drug-likeness (QED) is 0.672. The lowest BCUT2D eigenvalue weighted by molar-refractivity contribution is -0.387. The van der Waals surface area contributed by atoms with E-state index in [1.165, 1.54) is 17.8 Å². The van der Waals surface area contributed by atoms with Gasteiger partial charge >= 0.3 is 0 Å². The van der Waals surface area contributed by atoms with E-state index in [-0.39, 0.29) is 16.7 Å². The molecule has 0 radical (unpaired) electrons. The second-order valence-corrected chi connectivity index (χ2v) is 5.57. The number of ether oxygens (including phenoxy) is 1. The molecule has 21 heavy (non-hydrogen) atoms. The van der Waals surface area contributed by atoms with Gasteiger partial charge in [-0.2, -0.15) is 0 Å². The highest BCUT2D eigenvalue weighted by molar-refractivity contribution is 7.99. The molecule has 2 rings (SSSR count). The van der Waals surface area contributed by atoms with Gasteiger partial charge in [-0.1, -0.05) is 30.0 Å². The SMILES string of the molecule is COc1cccc(Sc2ccccc2[N+](=O)[O-])c1[C@H](C)N. The van der Waals surface area contributed by atoms with E-state index in [1.807, 2.05) is 25.1 Å². The van der Waals surface area contributed by atoms with Crippen molar-refractivity contribution in [2.75, 3.05) is 7.11 Å². The fourth-order valence-electron chi connectivity index (χ4n) is 2.05. The van der Waals surface area contributed by atoms with Crippen molar-refractivity contribution < 1.29 is 9.66 Å². The van der Waals surface area contributed by atoms with Crippen LogP contribution in [0.4, 0.5) is 5.69 Å². The van der Waals surface area contributed by atoms with E-state index >= 15 is 0 Å². The number of nitro benzene ring substituents is 1. The molecule has 0 saturated carbocycles. The summed E-state index contributed by atoms with van der Waals surface area (Å²) in [4.78, 5) is 12.2. The van der Waals surface area contributed by atoms with E-state index in [2.05, 4.69) is 0 Å². The molecule has 0 aliphatic carbocycles. The molecule has 0 aliphatic rings. The molecule has 0 spiro atoms. The van der Waals surface area contributed by atoms with Crippen LogP contribution >= 0.6 is 11.8 Å². The van der Waals surface area contributed by atoms with Gasteiger partial charge in [0.15, 0.2) is 0 Å². The average Bonchev–Trinajstić information content (AvgIpc) is 2.47. The Morgan fingerprint density at radius 3 is 2.48 bits per heavy atom. The van der Waals surface area contributed by atoms with Crippen LogP contribution in [0.15, 0.2) is 52.3 Å². The predicted octanol–water partition coefficient (Wildman–Crippen LogP) is 3.77. The van der Waals surface area contributed by atoms with Crippen LogP contribution in [0.3, 0.4) is 0 Å². The Hall–Kier alpha value is -2.05. The molecular weight excluding hydrogens is 288 g/mol. The first-order valence-corrected chi connectivity index (χ1v) is 7.20. The lowest BCUT2D eigenvalue weighted by Crippen LogP contribution is -2.08. The van der Waals surface area contributed by atoms with Crippen molar-refractivity contribution in [1.29, 1.82) is 0 Å². The Kier molecular flexibility index (Phi) is 4.82. The summed E-state index contributed by atoms with van der Waals surface area (Å²) in [6.07, 6.45) is 0. The number of nitrogens with zero attached hydrogens (tertiary/aromatic N) is 1. The Bertz CT molecular complexity index is 659. The van der Waals surface area contributed by atoms with Crippen molar-refractivity contribution in [3.63, 3.8) is 0 Å². The van der Waals surface area contributed by atoms with Gasteiger partial charge in [0.1, 0.15) is 5.75 Å². The fraction of sp³-hybridized carbons (Fsp3) is 0.200. The molecule has 0 unspecified atom stereocenters. The summed E-state index contributed by atoms with van der Waals surface area (Å²) < 4.78 is 5.34. The third kappa shape index (κ3) is 3.34. The normalized spacial score (nSPS) is 12.0. The predicted molar refractivity (Wildman–Crippen MR) is 82.8 cm³/mol. The summed E-state index contributed by atoms with van der Waals surface area (Å²) in [6, 6.07) is 12.0. The van der Waals surface area contributed by atoms with Crippen LogP contribution in [0.5, 0.6) is 5.75 Å². The van der Waals surface area contributed by atoms with Gasteiger partial charge < -0.3 is 10.5 Å². The summed E-state index contributed by atoms with van der Waals surface area (Å²) in [7, 11) is 1.58. The molecule has 110 valence electrons. The van der Waals surface area contributed by atoms with Crippen LogP contribution in [0.2, 0.25) is 0 Å². The third-order valence-electron chi connectivity index (χ3n) is 2.98. The van der Waals surface area contributed by atoms with Crippen molar-refractivity contribution in [2.24, 2.45) is 5.73 Å². The molecule has 1 atom stereocenters. The second kappa shape index (κ2) is 6.60. The van der Waals surface area contributed by atoms with Crippen molar-refractivity contribution in [3.05, 3.63) is 58.1 Å². The van der Waals surface area contributed by atoms with Gasteiger partial charge in [0.05, 0.1) is 16.9 Å². The molecular formula is C15H16N2O3S. The highest BCUT2D eigenvalue weighted by Crippen LogP contribution is 2.40. The first kappa shape index (κ1) is 15.3. The van der Waals surface area contributed by atoms with Crippen LogP contribution in [0.25, 0.3) is 0 Å². The van der Waals surface area contributed by atoms with Crippen LogP contribution in [0.1, 0.15) is 18.5 Å². The summed E-state index contributed by atoms with van der Waals surface area (Å²) >= 11 is 1.33. The third-order valence-corrected chi connectivity index (χ3v) is 4.12. The molecule has 2 aromatic rings. The van der Waals surface area contributed by atoms with E-state index in [0.29, 0.717) is 10.6 Å². The molecule has 2 N–H and O–H groups in total. The maximum absolute atomic E-state index is 11.1. The number of nitro groups is 1. The maximum Gasteiger partial charge on any atom is 0.283 e. The summed E-state index contributed by atoms with van der Waals surface area (Å²) in [5.74, 6) is 0.689. The van der Waals surface area contributed by atoms with Gasteiger partial charge in [-0.05, 0) is 25.1 Å². The number of hydrogen-bond donors (Lipinski definition) is 1. The van der Waals surface area contributed by atoms with Gasteiger partial charge in [0, 0.05) is 22.6 Å². The summed E-state index contributed by atoms with van der Waals surface area (Å²) in [5.41, 5.74) is 6.95. The molecule has 0 saturated heterocycles. The van der Waals surface area contributed by atoms with E-state index in [1.54, 1.807) is 25.3 Å². The van der Waals surface area contributed by atoms with Crippen molar-refractivity contribution >= 4 is 17.4 Å². The zero-order valence-electron chi connectivity index (χ0n) is 11.8. The zero-order chi connectivity index (χ0) is 15.4. The minimum Gasteiger partial charge on any atom is -0.496 e. The van der Waals surface area contributed by atoms with Crippen molar-refractivity contribution in [2.45, 2.75) is 22.8 Å². The topological polar surface area (TPSA) is 78.4 Å². The Morgan fingerprint density at radius 2 is 1.86 bits per heavy atom. The largest absolute Gasteiger partial charge is 0.496 e. The number of benzene rings is 2. The molecule has 6 heteroatoms. The van der Waals surface area contributed by atoms with E-state index < -0.39 is 0 Å². The molecule has 0 bridgehead atoms. The van der Waals surface area contributed by atoms with Crippen molar-refractivity contribution in [3.8, 4) is 5.75 Å². The number of rotatable bonds is 5. The molecule has 0 fully saturated rings. The van der Waals surface area contributed by atoms with E-state index in [4.69, 9.17) is 10.5 Å². The van der Waals surface area contributed by atoms with E-state index in [0.717, 1.165) is 10.5 Å². The Labute approximate surface area is 127 Å². The minimum atomic E-state index is -0.381. The molecule has 0 aromatic heterocycles. The maximum atomic E-state index is 11.1. The average molecular weight is 304 g/mol. The van der Waals surface area contributed by atoms with Crippen LogP contribution < -0.4 is 10.5 Å². The van der Waals surface area contributed by atoms with Gasteiger partial charge in [0.2, 0.25) is 0 Å².